The molecule has 1 atom stereocenters. The fourth-order valence-electron chi connectivity index (χ4n) is 5.82. The molecule has 1 unspecified atom stereocenters. The van der Waals surface area contributed by atoms with Crippen molar-refractivity contribution in [2.75, 3.05) is 29.9 Å². The van der Waals surface area contributed by atoms with Crippen molar-refractivity contribution in [2.45, 2.75) is 32.4 Å². The molecule has 2 aliphatic heterocycles. The minimum Gasteiger partial charge on any atom is -0.478 e. The average molecular weight is 505 g/mol. The molecule has 3 N–H and O–H groups in total. The molecule has 6 nitrogen and oxygen atoms in total. The SMILES string of the molecule is Cc1cc(N2CCc3ccccc3C2)ccc1-c1ccc2c(c1)CCNC2CNc1cnccc1C(=O)O. The van der Waals surface area contributed by atoms with Gasteiger partial charge >= 0.3 is 5.97 Å². The van der Waals surface area contributed by atoms with Crippen LogP contribution in [0.15, 0.2) is 79.1 Å². The number of nitrogens with one attached hydrogen (secondary N) is 2. The zero-order valence-corrected chi connectivity index (χ0v) is 21.6. The number of hydrogen-bond donors (Lipinski definition) is 3. The summed E-state index contributed by atoms with van der Waals surface area (Å²) in [6.07, 6.45) is 5.14. The van der Waals surface area contributed by atoms with Crippen molar-refractivity contribution in [1.29, 1.82) is 0 Å². The third-order valence-electron chi connectivity index (χ3n) is 7.87. The number of rotatable bonds is 6. The van der Waals surface area contributed by atoms with Crippen LogP contribution in [0.25, 0.3) is 11.1 Å². The molecule has 0 amide bonds. The molecule has 0 radical (unpaired) electrons. The zero-order chi connectivity index (χ0) is 26.1. The van der Waals surface area contributed by atoms with E-state index in [1.807, 2.05) is 0 Å². The Labute approximate surface area is 223 Å². The molecule has 4 aromatic rings. The number of carbonyl (C=O) groups is 1. The summed E-state index contributed by atoms with van der Waals surface area (Å²) >= 11 is 0. The average Bonchev–Trinajstić information content (AvgIpc) is 2.95. The molecule has 1 aromatic heterocycles. The van der Waals surface area contributed by atoms with E-state index in [1.165, 1.54) is 56.9 Å². The smallest absolute Gasteiger partial charge is 0.337 e. The molecule has 0 aliphatic carbocycles. The Kier molecular flexibility index (Phi) is 6.56. The first-order valence-electron chi connectivity index (χ1n) is 13.3. The maximum absolute atomic E-state index is 11.5. The molecule has 38 heavy (non-hydrogen) atoms. The Hall–Kier alpha value is -4.16. The van der Waals surface area contributed by atoms with Crippen LogP contribution in [-0.4, -0.2) is 35.7 Å². The van der Waals surface area contributed by atoms with Gasteiger partial charge < -0.3 is 20.6 Å². The number of aryl methyl sites for hydroxylation is 1. The topological polar surface area (TPSA) is 77.5 Å². The molecule has 2 aliphatic rings. The third-order valence-corrected chi connectivity index (χ3v) is 7.87. The zero-order valence-electron chi connectivity index (χ0n) is 21.6. The highest BCUT2D eigenvalue weighted by molar-refractivity contribution is 5.93. The van der Waals surface area contributed by atoms with Gasteiger partial charge in [-0.3, -0.25) is 4.98 Å². The molecular formula is C32H32N4O2. The summed E-state index contributed by atoms with van der Waals surface area (Å²) in [7, 11) is 0. The fourth-order valence-corrected chi connectivity index (χ4v) is 5.82. The van der Waals surface area contributed by atoms with E-state index in [9.17, 15) is 9.90 Å². The Morgan fingerprint density at radius 1 is 1.05 bits per heavy atom. The van der Waals surface area contributed by atoms with Gasteiger partial charge in [0.25, 0.3) is 0 Å². The Morgan fingerprint density at radius 3 is 2.76 bits per heavy atom. The summed E-state index contributed by atoms with van der Waals surface area (Å²) in [6, 6.07) is 24.0. The molecule has 0 fully saturated rings. The quantitative estimate of drug-likeness (QED) is 0.317. The van der Waals surface area contributed by atoms with Crippen LogP contribution in [0.5, 0.6) is 0 Å². The van der Waals surface area contributed by atoms with Gasteiger partial charge in [0.1, 0.15) is 0 Å². The van der Waals surface area contributed by atoms with E-state index in [0.717, 1.165) is 32.5 Å². The summed E-state index contributed by atoms with van der Waals surface area (Å²) in [5.74, 6) is -0.956. The monoisotopic (exact) mass is 504 g/mol. The number of carboxylic acid groups (broad SMARTS) is 1. The summed E-state index contributed by atoms with van der Waals surface area (Å²) in [5.41, 5.74) is 11.3. The molecule has 0 saturated heterocycles. The van der Waals surface area contributed by atoms with Crippen molar-refractivity contribution in [3.63, 3.8) is 0 Å². The van der Waals surface area contributed by atoms with Crippen LogP contribution < -0.4 is 15.5 Å². The highest BCUT2D eigenvalue weighted by Crippen LogP contribution is 2.33. The summed E-state index contributed by atoms with van der Waals surface area (Å²) in [5, 5.41) is 16.3. The van der Waals surface area contributed by atoms with Crippen LogP contribution in [0.4, 0.5) is 11.4 Å². The van der Waals surface area contributed by atoms with Crippen LogP contribution >= 0.6 is 0 Å². The van der Waals surface area contributed by atoms with Crippen molar-refractivity contribution in [1.82, 2.24) is 10.3 Å². The molecule has 0 bridgehead atoms. The molecule has 0 spiro atoms. The molecule has 6 heteroatoms. The summed E-state index contributed by atoms with van der Waals surface area (Å²) < 4.78 is 0. The largest absolute Gasteiger partial charge is 0.478 e. The van der Waals surface area contributed by atoms with Gasteiger partial charge in [-0.05, 0) is 83.5 Å². The minimum atomic E-state index is -0.956. The lowest BCUT2D eigenvalue weighted by atomic mass is 9.89. The van der Waals surface area contributed by atoms with Gasteiger partial charge in [0.15, 0.2) is 0 Å². The second-order valence-corrected chi connectivity index (χ2v) is 10.2. The van der Waals surface area contributed by atoms with E-state index in [4.69, 9.17) is 0 Å². The Balaban J connectivity index is 1.20. The fraction of sp³-hybridized carbons (Fsp3) is 0.250. The normalized spacial score (nSPS) is 16.4. The number of aromatic nitrogens is 1. The van der Waals surface area contributed by atoms with Crippen molar-refractivity contribution < 1.29 is 9.90 Å². The maximum Gasteiger partial charge on any atom is 0.337 e. The standard InChI is InChI=1S/C32H32N4O2/c1-21-16-26(36-15-12-22-4-2-3-5-25(22)20-36)7-9-27(21)23-6-8-28-24(17-23)10-14-34-31(28)19-35-30-18-33-13-11-29(30)32(37)38/h2-9,11,13,16-18,31,34-35H,10,12,14-15,19-20H2,1H3,(H,37,38). The molecule has 192 valence electrons. The Morgan fingerprint density at radius 2 is 1.92 bits per heavy atom. The number of nitrogens with zero attached hydrogens (tertiary/aromatic N) is 2. The van der Waals surface area contributed by atoms with Crippen molar-refractivity contribution in [3.8, 4) is 11.1 Å². The van der Waals surface area contributed by atoms with Crippen LogP contribution in [-0.2, 0) is 19.4 Å². The van der Waals surface area contributed by atoms with Crippen LogP contribution in [0, 0.1) is 6.92 Å². The number of pyridine rings is 1. The van der Waals surface area contributed by atoms with Crippen molar-refractivity contribution >= 4 is 17.3 Å². The van der Waals surface area contributed by atoms with Gasteiger partial charge in [-0.15, -0.1) is 0 Å². The maximum atomic E-state index is 11.5. The first-order chi connectivity index (χ1) is 18.6. The van der Waals surface area contributed by atoms with Crippen LogP contribution in [0.1, 0.15) is 44.2 Å². The number of hydrogen-bond acceptors (Lipinski definition) is 5. The number of benzene rings is 3. The van der Waals surface area contributed by atoms with E-state index in [-0.39, 0.29) is 11.6 Å². The number of carboxylic acids is 1. The number of fused-ring (bicyclic) bond motifs is 2. The first-order valence-corrected chi connectivity index (χ1v) is 13.3. The van der Waals surface area contributed by atoms with E-state index < -0.39 is 5.97 Å². The molecule has 3 aromatic carbocycles. The summed E-state index contributed by atoms with van der Waals surface area (Å²) in [4.78, 5) is 18.1. The van der Waals surface area contributed by atoms with Gasteiger partial charge in [-0.2, -0.15) is 0 Å². The van der Waals surface area contributed by atoms with Crippen LogP contribution in [0.3, 0.4) is 0 Å². The highest BCUT2D eigenvalue weighted by atomic mass is 16.4. The van der Waals surface area contributed by atoms with E-state index in [0.29, 0.717) is 12.2 Å². The Bertz CT molecular complexity index is 1500. The van der Waals surface area contributed by atoms with E-state index in [1.54, 1.807) is 6.20 Å². The van der Waals surface area contributed by atoms with E-state index >= 15 is 0 Å². The molecule has 6 rings (SSSR count). The van der Waals surface area contributed by atoms with Gasteiger partial charge in [0.2, 0.25) is 0 Å². The lowest BCUT2D eigenvalue weighted by Gasteiger charge is -2.31. The van der Waals surface area contributed by atoms with Crippen molar-refractivity contribution in [3.05, 3.63) is 113 Å². The van der Waals surface area contributed by atoms with Gasteiger partial charge in [0, 0.05) is 37.6 Å². The number of aromatic carboxylic acids is 1. The molecular weight excluding hydrogens is 472 g/mol. The van der Waals surface area contributed by atoms with Gasteiger partial charge in [-0.1, -0.05) is 48.5 Å². The van der Waals surface area contributed by atoms with Crippen molar-refractivity contribution in [2.24, 2.45) is 0 Å². The summed E-state index contributed by atoms with van der Waals surface area (Å²) in [6.45, 7) is 5.69. The van der Waals surface area contributed by atoms with Gasteiger partial charge in [0.05, 0.1) is 17.4 Å². The highest BCUT2D eigenvalue weighted by Gasteiger charge is 2.22. The number of anilines is 2. The second kappa shape index (κ2) is 10.3. The lowest BCUT2D eigenvalue weighted by molar-refractivity contribution is 0.0697. The predicted molar refractivity (Wildman–Crippen MR) is 152 cm³/mol. The van der Waals surface area contributed by atoms with Crippen LogP contribution in [0.2, 0.25) is 0 Å². The molecule has 0 saturated carbocycles. The first kappa shape index (κ1) is 24.2. The third kappa shape index (κ3) is 4.75. The lowest BCUT2D eigenvalue weighted by Crippen LogP contribution is -2.34. The predicted octanol–water partition coefficient (Wildman–Crippen LogP) is 5.62. The van der Waals surface area contributed by atoms with Gasteiger partial charge in [-0.25, -0.2) is 4.79 Å². The second-order valence-electron chi connectivity index (χ2n) is 10.2. The van der Waals surface area contributed by atoms with E-state index in [2.05, 4.69) is 88.1 Å². The minimum absolute atomic E-state index is 0.0973. The molecule has 3 heterocycles.